The summed E-state index contributed by atoms with van der Waals surface area (Å²) in [7, 11) is 0. The zero-order chi connectivity index (χ0) is 14.5. The SMILES string of the molecule is CCC(N[C@H](C)c1cccc(C)c1)c1ccc(C)cc1. The standard InChI is InChI=1S/C19H25N/c1-5-19(17-11-9-14(2)10-12-17)20-16(4)18-8-6-7-15(3)13-18/h6-13,16,19-20H,5H2,1-4H3/t16-,19?/m1/s1. The molecule has 0 spiro atoms. The van der Waals surface area contributed by atoms with Crippen LogP contribution in [0.15, 0.2) is 48.5 Å². The average molecular weight is 267 g/mol. The summed E-state index contributed by atoms with van der Waals surface area (Å²) in [6, 6.07) is 18.4. The maximum atomic E-state index is 3.75. The smallest absolute Gasteiger partial charge is 0.0323 e. The Bertz CT molecular complexity index is 542. The summed E-state index contributed by atoms with van der Waals surface area (Å²) >= 11 is 0. The van der Waals surface area contributed by atoms with Gasteiger partial charge in [-0.3, -0.25) is 0 Å². The zero-order valence-electron chi connectivity index (χ0n) is 13.0. The van der Waals surface area contributed by atoms with Gasteiger partial charge in [0.1, 0.15) is 0 Å². The molecule has 2 aromatic carbocycles. The monoisotopic (exact) mass is 267 g/mol. The van der Waals surface area contributed by atoms with E-state index < -0.39 is 0 Å². The largest absolute Gasteiger partial charge is 0.303 e. The van der Waals surface area contributed by atoms with Crippen LogP contribution >= 0.6 is 0 Å². The van der Waals surface area contributed by atoms with Crippen molar-refractivity contribution >= 4 is 0 Å². The first-order valence-corrected chi connectivity index (χ1v) is 7.49. The molecule has 0 aliphatic heterocycles. The summed E-state index contributed by atoms with van der Waals surface area (Å²) in [6.45, 7) is 8.76. The van der Waals surface area contributed by atoms with Crippen LogP contribution in [-0.2, 0) is 0 Å². The van der Waals surface area contributed by atoms with Crippen molar-refractivity contribution in [3.8, 4) is 0 Å². The first-order chi connectivity index (χ1) is 9.60. The minimum Gasteiger partial charge on any atom is -0.303 e. The van der Waals surface area contributed by atoms with Gasteiger partial charge in [-0.05, 0) is 38.3 Å². The summed E-state index contributed by atoms with van der Waals surface area (Å²) in [5.41, 5.74) is 5.36. The molecule has 1 N–H and O–H groups in total. The highest BCUT2D eigenvalue weighted by atomic mass is 14.9. The number of hydrogen-bond acceptors (Lipinski definition) is 1. The third kappa shape index (κ3) is 3.71. The van der Waals surface area contributed by atoms with E-state index in [0.29, 0.717) is 12.1 Å². The van der Waals surface area contributed by atoms with Crippen LogP contribution in [0.1, 0.15) is 54.6 Å². The molecule has 0 heterocycles. The van der Waals surface area contributed by atoms with E-state index in [1.54, 1.807) is 0 Å². The Morgan fingerprint density at radius 3 is 2.20 bits per heavy atom. The van der Waals surface area contributed by atoms with Crippen LogP contribution in [0.25, 0.3) is 0 Å². The summed E-state index contributed by atoms with van der Waals surface area (Å²) in [6.07, 6.45) is 1.10. The van der Waals surface area contributed by atoms with Crippen LogP contribution < -0.4 is 5.32 Å². The maximum absolute atomic E-state index is 3.75. The molecule has 1 heteroatoms. The normalized spacial score (nSPS) is 14.0. The van der Waals surface area contributed by atoms with Gasteiger partial charge in [-0.25, -0.2) is 0 Å². The lowest BCUT2D eigenvalue weighted by atomic mass is 10.00. The minimum absolute atomic E-state index is 0.362. The number of nitrogens with one attached hydrogen (secondary N) is 1. The highest BCUT2D eigenvalue weighted by Gasteiger charge is 2.13. The lowest BCUT2D eigenvalue weighted by molar-refractivity contribution is 0.456. The average Bonchev–Trinajstić information content (AvgIpc) is 2.45. The van der Waals surface area contributed by atoms with E-state index in [4.69, 9.17) is 0 Å². The van der Waals surface area contributed by atoms with Gasteiger partial charge in [0.05, 0.1) is 0 Å². The van der Waals surface area contributed by atoms with Crippen LogP contribution in [-0.4, -0.2) is 0 Å². The van der Waals surface area contributed by atoms with E-state index >= 15 is 0 Å². The molecule has 2 rings (SSSR count). The topological polar surface area (TPSA) is 12.0 Å². The Morgan fingerprint density at radius 2 is 1.60 bits per heavy atom. The Labute approximate surface area is 123 Å². The van der Waals surface area contributed by atoms with Crippen molar-refractivity contribution in [1.82, 2.24) is 5.32 Å². The molecule has 0 saturated carbocycles. The first kappa shape index (κ1) is 14.8. The van der Waals surface area contributed by atoms with Crippen LogP contribution in [0.2, 0.25) is 0 Å². The van der Waals surface area contributed by atoms with Crippen molar-refractivity contribution in [3.63, 3.8) is 0 Å². The van der Waals surface area contributed by atoms with E-state index in [0.717, 1.165) is 6.42 Å². The maximum Gasteiger partial charge on any atom is 0.0323 e. The summed E-state index contributed by atoms with van der Waals surface area (Å²) in [4.78, 5) is 0. The fraction of sp³-hybridized carbons (Fsp3) is 0.368. The van der Waals surface area contributed by atoms with Crippen molar-refractivity contribution in [2.45, 2.75) is 46.2 Å². The van der Waals surface area contributed by atoms with Gasteiger partial charge < -0.3 is 5.32 Å². The van der Waals surface area contributed by atoms with Gasteiger partial charge >= 0.3 is 0 Å². The minimum atomic E-state index is 0.362. The second-order valence-corrected chi connectivity index (χ2v) is 5.67. The molecule has 1 unspecified atom stereocenters. The third-order valence-electron chi connectivity index (χ3n) is 3.88. The van der Waals surface area contributed by atoms with E-state index in [9.17, 15) is 0 Å². The van der Waals surface area contributed by atoms with Gasteiger partial charge in [-0.1, -0.05) is 66.6 Å². The number of rotatable bonds is 5. The molecule has 1 nitrogen and oxygen atoms in total. The Balaban J connectivity index is 2.11. The molecule has 0 radical (unpaired) electrons. The second-order valence-electron chi connectivity index (χ2n) is 5.67. The highest BCUT2D eigenvalue weighted by Crippen LogP contribution is 2.23. The van der Waals surface area contributed by atoms with E-state index in [1.807, 2.05) is 0 Å². The lowest BCUT2D eigenvalue weighted by Crippen LogP contribution is -2.24. The molecular formula is C19H25N. The van der Waals surface area contributed by atoms with E-state index in [1.165, 1.54) is 22.3 Å². The van der Waals surface area contributed by atoms with Crippen molar-refractivity contribution in [2.24, 2.45) is 0 Å². The molecule has 0 fully saturated rings. The molecule has 106 valence electrons. The molecule has 0 saturated heterocycles. The van der Waals surface area contributed by atoms with Gasteiger partial charge in [-0.15, -0.1) is 0 Å². The lowest BCUT2D eigenvalue weighted by Gasteiger charge is -2.23. The molecule has 20 heavy (non-hydrogen) atoms. The molecule has 0 aliphatic carbocycles. The van der Waals surface area contributed by atoms with Crippen molar-refractivity contribution in [2.75, 3.05) is 0 Å². The Morgan fingerprint density at radius 1 is 0.900 bits per heavy atom. The van der Waals surface area contributed by atoms with Crippen LogP contribution in [0.5, 0.6) is 0 Å². The molecule has 0 amide bonds. The Kier molecular flexibility index (Phi) is 4.97. The predicted molar refractivity (Wildman–Crippen MR) is 86.9 cm³/mol. The molecule has 2 atom stereocenters. The fourth-order valence-electron chi connectivity index (χ4n) is 2.59. The van der Waals surface area contributed by atoms with Crippen molar-refractivity contribution < 1.29 is 0 Å². The van der Waals surface area contributed by atoms with Gasteiger partial charge in [-0.2, -0.15) is 0 Å². The quantitative estimate of drug-likeness (QED) is 0.794. The highest BCUT2D eigenvalue weighted by molar-refractivity contribution is 5.27. The number of hydrogen-bond donors (Lipinski definition) is 1. The summed E-state index contributed by atoms with van der Waals surface area (Å²) < 4.78 is 0. The van der Waals surface area contributed by atoms with Crippen LogP contribution in [0, 0.1) is 13.8 Å². The van der Waals surface area contributed by atoms with Gasteiger partial charge in [0.15, 0.2) is 0 Å². The van der Waals surface area contributed by atoms with Gasteiger partial charge in [0.25, 0.3) is 0 Å². The third-order valence-corrected chi connectivity index (χ3v) is 3.88. The zero-order valence-corrected chi connectivity index (χ0v) is 13.0. The van der Waals surface area contributed by atoms with Crippen molar-refractivity contribution in [3.05, 3.63) is 70.8 Å². The van der Waals surface area contributed by atoms with Crippen LogP contribution in [0.3, 0.4) is 0 Å². The van der Waals surface area contributed by atoms with Gasteiger partial charge in [0.2, 0.25) is 0 Å². The van der Waals surface area contributed by atoms with E-state index in [-0.39, 0.29) is 0 Å². The van der Waals surface area contributed by atoms with Gasteiger partial charge in [0, 0.05) is 12.1 Å². The first-order valence-electron chi connectivity index (χ1n) is 7.49. The Hall–Kier alpha value is -1.60. The summed E-state index contributed by atoms with van der Waals surface area (Å²) in [5, 5.41) is 3.75. The van der Waals surface area contributed by atoms with Crippen molar-refractivity contribution in [1.29, 1.82) is 0 Å². The van der Waals surface area contributed by atoms with Crippen LogP contribution in [0.4, 0.5) is 0 Å². The molecule has 2 aromatic rings. The number of aryl methyl sites for hydroxylation is 2. The van der Waals surface area contributed by atoms with E-state index in [2.05, 4.69) is 81.5 Å². The molecule has 0 aliphatic rings. The molecular weight excluding hydrogens is 242 g/mol. The predicted octanol–water partition coefficient (Wildman–Crippen LogP) is 5.11. The molecule has 0 aromatic heterocycles. The fourth-order valence-corrected chi connectivity index (χ4v) is 2.59. The molecule has 0 bridgehead atoms. The second kappa shape index (κ2) is 6.71. The summed E-state index contributed by atoms with van der Waals surface area (Å²) in [5.74, 6) is 0. The number of benzene rings is 2.